The predicted molar refractivity (Wildman–Crippen MR) is 74.2 cm³/mol. The molecule has 0 aromatic rings. The summed E-state index contributed by atoms with van der Waals surface area (Å²) >= 11 is 0. The first-order valence-electron chi connectivity index (χ1n) is 7.27. The molecule has 0 amide bonds. The van der Waals surface area contributed by atoms with Crippen LogP contribution < -0.4 is 0 Å². The molecule has 1 heterocycles. The molecule has 1 fully saturated rings. The van der Waals surface area contributed by atoms with Gasteiger partial charge in [-0.05, 0) is 13.0 Å². The highest BCUT2D eigenvalue weighted by atomic mass is 16.7. The summed E-state index contributed by atoms with van der Waals surface area (Å²) in [6.45, 7) is 4.52. The summed E-state index contributed by atoms with van der Waals surface area (Å²) in [6.07, 6.45) is 7.15. The Balaban J connectivity index is 2.09. The Bertz CT molecular complexity index is 537. The molecule has 114 valence electrons. The van der Waals surface area contributed by atoms with E-state index in [4.69, 9.17) is 14.2 Å². The van der Waals surface area contributed by atoms with E-state index in [1.165, 1.54) is 13.2 Å². The van der Waals surface area contributed by atoms with Crippen LogP contribution in [0, 0.1) is 23.2 Å². The number of ketones is 1. The maximum absolute atomic E-state index is 12.3. The van der Waals surface area contributed by atoms with Crippen LogP contribution in [0.4, 0.5) is 0 Å². The Morgan fingerprint density at radius 1 is 1.48 bits per heavy atom. The quantitative estimate of drug-likeness (QED) is 0.582. The number of hydrogen-bond donors (Lipinski definition) is 0. The van der Waals surface area contributed by atoms with Gasteiger partial charge in [-0.1, -0.05) is 25.2 Å². The Morgan fingerprint density at radius 2 is 2.24 bits per heavy atom. The fourth-order valence-corrected chi connectivity index (χ4v) is 4.03. The van der Waals surface area contributed by atoms with E-state index in [1.54, 1.807) is 6.92 Å². The van der Waals surface area contributed by atoms with Crippen LogP contribution in [0.5, 0.6) is 0 Å². The zero-order valence-corrected chi connectivity index (χ0v) is 12.5. The predicted octanol–water partition coefficient (Wildman–Crippen LogP) is 1.49. The number of methoxy groups -OCH3 is 1. The van der Waals surface area contributed by atoms with Crippen LogP contribution in [0.1, 0.15) is 13.8 Å². The third-order valence-corrected chi connectivity index (χ3v) is 5.00. The Labute approximate surface area is 123 Å². The number of ether oxygens (including phenoxy) is 3. The van der Waals surface area contributed by atoms with E-state index in [-0.39, 0.29) is 23.6 Å². The van der Waals surface area contributed by atoms with Crippen LogP contribution in [0.2, 0.25) is 0 Å². The van der Waals surface area contributed by atoms with Gasteiger partial charge in [0.1, 0.15) is 0 Å². The smallest absolute Gasteiger partial charge is 0.313 e. The maximum Gasteiger partial charge on any atom is 0.313 e. The molecule has 21 heavy (non-hydrogen) atoms. The molecular formula is C16H20O5. The van der Waals surface area contributed by atoms with Gasteiger partial charge in [-0.3, -0.25) is 9.59 Å². The van der Waals surface area contributed by atoms with Gasteiger partial charge in [-0.25, -0.2) is 0 Å². The van der Waals surface area contributed by atoms with Crippen LogP contribution >= 0.6 is 0 Å². The molecule has 3 rings (SSSR count). The number of esters is 1. The van der Waals surface area contributed by atoms with Gasteiger partial charge in [0, 0.05) is 24.4 Å². The molecule has 0 aromatic carbocycles. The first kappa shape index (κ1) is 14.5. The van der Waals surface area contributed by atoms with Crippen molar-refractivity contribution in [2.45, 2.75) is 19.6 Å². The third-order valence-electron chi connectivity index (χ3n) is 5.00. The van der Waals surface area contributed by atoms with Crippen molar-refractivity contribution in [2.75, 3.05) is 20.3 Å². The topological polar surface area (TPSA) is 61.8 Å². The molecule has 0 spiro atoms. The maximum atomic E-state index is 12.3. The van der Waals surface area contributed by atoms with E-state index in [0.717, 1.165) is 0 Å². The van der Waals surface area contributed by atoms with Crippen LogP contribution in [-0.2, 0) is 23.8 Å². The second-order valence-corrected chi connectivity index (χ2v) is 6.00. The average Bonchev–Trinajstić information content (AvgIpc) is 2.86. The highest BCUT2D eigenvalue weighted by Crippen LogP contribution is 2.57. The summed E-state index contributed by atoms with van der Waals surface area (Å²) < 4.78 is 16.4. The Kier molecular flexibility index (Phi) is 3.30. The van der Waals surface area contributed by atoms with Gasteiger partial charge in [0.05, 0.1) is 19.1 Å². The van der Waals surface area contributed by atoms with Gasteiger partial charge < -0.3 is 14.2 Å². The van der Waals surface area contributed by atoms with Crippen molar-refractivity contribution in [1.29, 1.82) is 0 Å². The monoisotopic (exact) mass is 292 g/mol. The molecule has 1 aliphatic heterocycles. The van der Waals surface area contributed by atoms with Gasteiger partial charge in [-0.15, -0.1) is 0 Å². The Morgan fingerprint density at radius 3 is 2.90 bits per heavy atom. The fourth-order valence-electron chi connectivity index (χ4n) is 4.03. The lowest BCUT2D eigenvalue weighted by Gasteiger charge is -2.49. The standard InChI is InChI=1S/C16H20O5/c1-4-20-14(18)11-6-5-10-9-21-16(19-3)12(17)7-8-15(11,2)13(10)16/h5-8,10-11,13H,4,9H2,1-3H3/t10-,11+,13+,15-,16-/m0/s1. The Hall–Kier alpha value is -1.46. The molecule has 0 N–H and O–H groups in total. The van der Waals surface area contributed by atoms with E-state index >= 15 is 0 Å². The normalized spacial score (nSPS) is 43.8. The lowest BCUT2D eigenvalue weighted by atomic mass is 9.56. The molecule has 5 atom stereocenters. The van der Waals surface area contributed by atoms with Crippen molar-refractivity contribution in [3.05, 3.63) is 24.3 Å². The van der Waals surface area contributed by atoms with Crippen LogP contribution in [0.25, 0.3) is 0 Å². The number of allylic oxidation sites excluding steroid dienone is 1. The van der Waals surface area contributed by atoms with Gasteiger partial charge in [0.2, 0.25) is 11.6 Å². The van der Waals surface area contributed by atoms with Crippen molar-refractivity contribution >= 4 is 11.8 Å². The second kappa shape index (κ2) is 4.78. The van der Waals surface area contributed by atoms with Crippen LogP contribution in [0.15, 0.2) is 24.3 Å². The van der Waals surface area contributed by atoms with Gasteiger partial charge in [0.15, 0.2) is 0 Å². The van der Waals surface area contributed by atoms with Crippen molar-refractivity contribution in [3.63, 3.8) is 0 Å². The van der Waals surface area contributed by atoms with E-state index in [1.807, 2.05) is 25.2 Å². The molecule has 5 heteroatoms. The molecule has 3 aliphatic rings. The summed E-state index contributed by atoms with van der Waals surface area (Å²) in [6, 6.07) is 0. The van der Waals surface area contributed by atoms with E-state index in [9.17, 15) is 9.59 Å². The summed E-state index contributed by atoms with van der Waals surface area (Å²) in [5, 5.41) is 0. The molecule has 1 saturated heterocycles. The minimum Gasteiger partial charge on any atom is -0.466 e. The lowest BCUT2D eigenvalue weighted by Crippen LogP contribution is -2.58. The molecule has 0 radical (unpaired) electrons. The summed E-state index contributed by atoms with van der Waals surface area (Å²) in [5.41, 5.74) is -0.550. The summed E-state index contributed by atoms with van der Waals surface area (Å²) in [4.78, 5) is 24.6. The molecule has 5 nitrogen and oxygen atoms in total. The zero-order chi connectivity index (χ0) is 15.3. The summed E-state index contributed by atoms with van der Waals surface area (Å²) in [5.74, 6) is -2.32. The van der Waals surface area contributed by atoms with Gasteiger partial charge in [0.25, 0.3) is 0 Å². The number of rotatable bonds is 3. The number of hydrogen-bond acceptors (Lipinski definition) is 5. The van der Waals surface area contributed by atoms with Crippen LogP contribution in [0.3, 0.4) is 0 Å². The molecule has 0 bridgehead atoms. The molecule has 0 saturated carbocycles. The fraction of sp³-hybridized carbons (Fsp3) is 0.625. The number of carbonyl (C=O) groups excluding carboxylic acids is 2. The first-order chi connectivity index (χ1) is 9.99. The second-order valence-electron chi connectivity index (χ2n) is 6.00. The molecule has 2 aliphatic carbocycles. The lowest BCUT2D eigenvalue weighted by molar-refractivity contribution is -0.225. The minimum atomic E-state index is -1.27. The molecular weight excluding hydrogens is 272 g/mol. The van der Waals surface area contributed by atoms with Crippen molar-refractivity contribution in [1.82, 2.24) is 0 Å². The van der Waals surface area contributed by atoms with E-state index in [0.29, 0.717) is 13.2 Å². The van der Waals surface area contributed by atoms with E-state index in [2.05, 4.69) is 0 Å². The first-order valence-corrected chi connectivity index (χ1v) is 7.27. The third kappa shape index (κ3) is 1.77. The van der Waals surface area contributed by atoms with E-state index < -0.39 is 17.1 Å². The largest absolute Gasteiger partial charge is 0.466 e. The highest BCUT2D eigenvalue weighted by molar-refractivity contribution is 5.98. The van der Waals surface area contributed by atoms with Gasteiger partial charge >= 0.3 is 5.97 Å². The number of carbonyl (C=O) groups is 2. The van der Waals surface area contributed by atoms with Gasteiger partial charge in [-0.2, -0.15) is 0 Å². The SMILES string of the molecule is CCOC(=O)[C@H]1C=C[C@H]2CO[C@@]3(OC)C(=O)C=C[C@]1(C)[C@@H]23. The van der Waals surface area contributed by atoms with Crippen molar-refractivity contribution in [3.8, 4) is 0 Å². The average molecular weight is 292 g/mol. The van der Waals surface area contributed by atoms with Crippen molar-refractivity contribution < 1.29 is 23.8 Å². The van der Waals surface area contributed by atoms with Crippen LogP contribution in [-0.4, -0.2) is 37.9 Å². The highest BCUT2D eigenvalue weighted by Gasteiger charge is 2.66. The minimum absolute atomic E-state index is 0.0644. The zero-order valence-electron chi connectivity index (χ0n) is 12.5. The van der Waals surface area contributed by atoms with Crippen molar-refractivity contribution in [2.24, 2.45) is 23.2 Å². The molecule has 0 aromatic heterocycles. The summed E-state index contributed by atoms with van der Waals surface area (Å²) in [7, 11) is 1.48. The molecule has 0 unspecified atom stereocenters.